The van der Waals surface area contributed by atoms with Crippen molar-refractivity contribution in [2.45, 2.75) is 35.8 Å². The van der Waals surface area contributed by atoms with Crippen molar-refractivity contribution in [2.75, 3.05) is 0 Å². The molecule has 3 N–H and O–H groups in total. The molecular formula is C6H3BF10O5. The van der Waals surface area contributed by atoms with Gasteiger partial charge >= 0.3 is 43.1 Å². The van der Waals surface area contributed by atoms with Crippen molar-refractivity contribution in [2.24, 2.45) is 0 Å². The zero-order chi connectivity index (χ0) is 18.0. The molecule has 16 heteroatoms. The van der Waals surface area contributed by atoms with Crippen LogP contribution in [0.3, 0.4) is 0 Å². The molecule has 2 unspecified atom stereocenters. The Bertz CT molecular complexity index is 448. The third-order valence-electron chi connectivity index (χ3n) is 2.55. The van der Waals surface area contributed by atoms with Crippen LogP contribution >= 0.6 is 0 Å². The molecule has 0 bridgehead atoms. The molecule has 0 aromatic rings. The number of aliphatic hydroxyl groups is 1. The quantitative estimate of drug-likeness (QED) is 0.504. The molecule has 0 radical (unpaired) electrons. The number of rotatable bonds is 2. The Hall–Kier alpha value is -0.835. The minimum Gasteiger partial charge on any atom is -0.402 e. The molecule has 130 valence electrons. The molecule has 0 aliphatic carbocycles. The first-order chi connectivity index (χ1) is 9.37. The Morgan fingerprint density at radius 2 is 1.23 bits per heavy atom. The molecule has 0 amide bonds. The van der Waals surface area contributed by atoms with Crippen LogP contribution < -0.4 is 0 Å². The van der Waals surface area contributed by atoms with E-state index < -0.39 is 43.1 Å². The summed E-state index contributed by atoms with van der Waals surface area (Å²) in [6, 6.07) is 0. The Morgan fingerprint density at radius 1 is 0.818 bits per heavy atom. The molecule has 1 rings (SSSR count). The van der Waals surface area contributed by atoms with Gasteiger partial charge in [0.25, 0.3) is 0 Å². The molecule has 2 atom stereocenters. The Kier molecular flexibility index (Phi) is 4.01. The fraction of sp³-hybridized carbons (Fsp3) is 1.00. The van der Waals surface area contributed by atoms with Crippen LogP contribution in [0, 0.1) is 0 Å². The van der Waals surface area contributed by atoms with Crippen LogP contribution in [0.25, 0.3) is 0 Å². The second-order valence-electron chi connectivity index (χ2n) is 3.95. The second kappa shape index (κ2) is 4.59. The van der Waals surface area contributed by atoms with Gasteiger partial charge in [-0.15, -0.1) is 0 Å². The van der Waals surface area contributed by atoms with E-state index in [4.69, 9.17) is 15.2 Å². The van der Waals surface area contributed by atoms with E-state index in [-0.39, 0.29) is 0 Å². The van der Waals surface area contributed by atoms with Crippen LogP contribution in [-0.4, -0.2) is 58.2 Å². The largest absolute Gasteiger partial charge is 0.636 e. The maximum absolute atomic E-state index is 13.3. The van der Waals surface area contributed by atoms with E-state index in [1.54, 1.807) is 0 Å². The van der Waals surface area contributed by atoms with Crippen molar-refractivity contribution >= 4 is 7.32 Å². The summed E-state index contributed by atoms with van der Waals surface area (Å²) in [7, 11) is -3.89. The van der Waals surface area contributed by atoms with Crippen molar-refractivity contribution in [1.29, 1.82) is 0 Å². The first-order valence-electron chi connectivity index (χ1n) is 4.73. The molecule has 22 heavy (non-hydrogen) atoms. The summed E-state index contributed by atoms with van der Waals surface area (Å²) in [5, 5.41) is 24.8. The highest BCUT2D eigenvalue weighted by Gasteiger charge is 2.98. The minimum atomic E-state index is -6.89. The third-order valence-corrected chi connectivity index (χ3v) is 2.55. The van der Waals surface area contributed by atoms with Gasteiger partial charge in [0.15, 0.2) is 0 Å². The summed E-state index contributed by atoms with van der Waals surface area (Å²) in [5.41, 5.74) is 0. The summed E-state index contributed by atoms with van der Waals surface area (Å²) < 4.78 is 133. The lowest BCUT2D eigenvalue weighted by Gasteiger charge is -2.34. The lowest BCUT2D eigenvalue weighted by Crippen LogP contribution is -2.65. The van der Waals surface area contributed by atoms with Crippen molar-refractivity contribution in [3.8, 4) is 0 Å². The lowest BCUT2D eigenvalue weighted by atomic mass is 9.98. The normalized spacial score (nSPS) is 34.8. The average Bonchev–Trinajstić information content (AvgIpc) is 2.33. The van der Waals surface area contributed by atoms with Gasteiger partial charge in [0.05, 0.1) is 0 Å². The van der Waals surface area contributed by atoms with Gasteiger partial charge < -0.3 is 19.8 Å². The molecule has 5 nitrogen and oxygen atoms in total. The predicted octanol–water partition coefficient (Wildman–Crippen LogP) is 0.783. The average molecular weight is 356 g/mol. The maximum Gasteiger partial charge on any atom is 0.636 e. The zero-order valence-electron chi connectivity index (χ0n) is 9.52. The number of ether oxygens (including phenoxy) is 1. The predicted molar refractivity (Wildman–Crippen MR) is 42.0 cm³/mol. The summed E-state index contributed by atoms with van der Waals surface area (Å²) in [6.45, 7) is 0. The monoisotopic (exact) mass is 356 g/mol. The van der Waals surface area contributed by atoms with Crippen LogP contribution in [0.2, 0.25) is 0 Å². The van der Waals surface area contributed by atoms with E-state index in [9.17, 15) is 43.9 Å². The van der Waals surface area contributed by atoms with Gasteiger partial charge in [0.2, 0.25) is 0 Å². The van der Waals surface area contributed by atoms with Crippen molar-refractivity contribution in [1.82, 2.24) is 0 Å². The number of halogens is 10. The SMILES string of the molecule is OB(O)OC1(C(F)(F)F)OC(O)(C(F)(F)F)C(F)(F)C1(F)F. The second-order valence-corrected chi connectivity index (χ2v) is 3.95. The van der Waals surface area contributed by atoms with E-state index in [0.717, 1.165) is 0 Å². The smallest absolute Gasteiger partial charge is 0.402 e. The van der Waals surface area contributed by atoms with E-state index in [1.807, 2.05) is 0 Å². The first-order valence-corrected chi connectivity index (χ1v) is 4.73. The number of alkyl halides is 10. The highest BCUT2D eigenvalue weighted by atomic mass is 19.4. The fourth-order valence-electron chi connectivity index (χ4n) is 1.54. The number of hydrogen-bond acceptors (Lipinski definition) is 5. The molecule has 0 saturated carbocycles. The standard InChI is InChI=1S/C6H3BF10O5/c8-1(9)2(10,11)4(6(15,16)17,22-7(19)20)21-3(1,18)5(12,13)14/h18-20H. The molecule has 1 aliphatic rings. The highest BCUT2D eigenvalue weighted by molar-refractivity contribution is 6.32. The molecular weight excluding hydrogens is 353 g/mol. The Balaban J connectivity index is 3.69. The van der Waals surface area contributed by atoms with Crippen LogP contribution in [0.15, 0.2) is 0 Å². The summed E-state index contributed by atoms with van der Waals surface area (Å²) >= 11 is 0. The lowest BCUT2D eigenvalue weighted by molar-refractivity contribution is -0.457. The number of hydrogen-bond donors (Lipinski definition) is 3. The van der Waals surface area contributed by atoms with Crippen LogP contribution in [-0.2, 0) is 9.39 Å². The van der Waals surface area contributed by atoms with Gasteiger partial charge in [0.1, 0.15) is 0 Å². The fourth-order valence-corrected chi connectivity index (χ4v) is 1.54. The summed E-state index contributed by atoms with van der Waals surface area (Å²) in [5.74, 6) is -26.3. The maximum atomic E-state index is 13.3. The zero-order valence-corrected chi connectivity index (χ0v) is 9.52. The topological polar surface area (TPSA) is 79.2 Å². The van der Waals surface area contributed by atoms with Gasteiger partial charge in [0, 0.05) is 0 Å². The van der Waals surface area contributed by atoms with Gasteiger partial charge in [-0.1, -0.05) is 0 Å². The Morgan fingerprint density at radius 3 is 1.45 bits per heavy atom. The van der Waals surface area contributed by atoms with Crippen molar-refractivity contribution in [3.63, 3.8) is 0 Å². The molecule has 0 aromatic heterocycles. The Labute approximate surface area is 113 Å². The van der Waals surface area contributed by atoms with Crippen LogP contribution in [0.5, 0.6) is 0 Å². The van der Waals surface area contributed by atoms with E-state index in [2.05, 4.69) is 9.39 Å². The molecule has 0 spiro atoms. The van der Waals surface area contributed by atoms with Crippen LogP contribution in [0.1, 0.15) is 0 Å². The molecule has 1 heterocycles. The highest BCUT2D eigenvalue weighted by Crippen LogP contribution is 2.66. The van der Waals surface area contributed by atoms with Gasteiger partial charge in [-0.2, -0.15) is 43.9 Å². The van der Waals surface area contributed by atoms with Crippen LogP contribution in [0.4, 0.5) is 43.9 Å². The van der Waals surface area contributed by atoms with E-state index >= 15 is 0 Å². The molecule has 0 aromatic carbocycles. The molecule has 1 saturated heterocycles. The van der Waals surface area contributed by atoms with Crippen molar-refractivity contribution < 1.29 is 68.4 Å². The third kappa shape index (κ3) is 2.08. The van der Waals surface area contributed by atoms with Gasteiger partial charge in [-0.3, -0.25) is 4.74 Å². The molecule has 1 fully saturated rings. The summed E-state index contributed by atoms with van der Waals surface area (Å²) in [6.07, 6.45) is -13.7. The van der Waals surface area contributed by atoms with E-state index in [1.165, 1.54) is 0 Å². The van der Waals surface area contributed by atoms with Gasteiger partial charge in [-0.05, 0) is 0 Å². The van der Waals surface area contributed by atoms with Gasteiger partial charge in [-0.25, -0.2) is 0 Å². The first kappa shape index (κ1) is 19.2. The summed E-state index contributed by atoms with van der Waals surface area (Å²) in [4.78, 5) is 0. The van der Waals surface area contributed by atoms with E-state index in [0.29, 0.717) is 0 Å². The minimum absolute atomic E-state index is 2.47. The van der Waals surface area contributed by atoms with Crippen molar-refractivity contribution in [3.05, 3.63) is 0 Å². The molecule has 1 aliphatic heterocycles.